The molecule has 2 atom stereocenters. The van der Waals surface area contributed by atoms with Crippen LogP contribution >= 0.6 is 24.0 Å². The molecule has 3 rings (SSSR count). The van der Waals surface area contributed by atoms with Crippen molar-refractivity contribution >= 4 is 35.9 Å². The standard InChI is InChI=1S/C18H27F3N6O2.HI/c1-2-22-17(27-9-11-29-14(12-27)13-4-3-10-28-13)25-8-7-24-16-23-6-5-15(26-16)18(19,20)21;/h5-6,13-14H,2-4,7-12H2,1H3,(H,22,25)(H,23,24,26);1H. The lowest BCUT2D eigenvalue weighted by Gasteiger charge is -2.37. The van der Waals surface area contributed by atoms with E-state index in [0.717, 1.165) is 44.2 Å². The normalized spacial score (nSPS) is 22.5. The number of nitrogens with zero attached hydrogens (tertiary/aromatic N) is 4. The lowest BCUT2D eigenvalue weighted by molar-refractivity contribution is -0.141. The molecule has 170 valence electrons. The van der Waals surface area contributed by atoms with Gasteiger partial charge in [-0.15, -0.1) is 24.0 Å². The number of aliphatic imine (C=N–C) groups is 1. The van der Waals surface area contributed by atoms with E-state index in [-0.39, 0.29) is 42.1 Å². The third kappa shape index (κ3) is 7.08. The van der Waals surface area contributed by atoms with Crippen LogP contribution in [0, 0.1) is 0 Å². The summed E-state index contributed by atoms with van der Waals surface area (Å²) in [7, 11) is 0. The van der Waals surface area contributed by atoms with E-state index in [1.54, 1.807) is 0 Å². The summed E-state index contributed by atoms with van der Waals surface area (Å²) in [4.78, 5) is 14.0. The van der Waals surface area contributed by atoms with Gasteiger partial charge in [0.2, 0.25) is 5.95 Å². The molecule has 1 aromatic rings. The molecule has 30 heavy (non-hydrogen) atoms. The maximum Gasteiger partial charge on any atom is 0.433 e. The Bertz CT molecular complexity index is 688. The number of ether oxygens (including phenoxy) is 2. The van der Waals surface area contributed by atoms with Crippen molar-refractivity contribution in [2.75, 3.05) is 51.3 Å². The van der Waals surface area contributed by atoms with Crippen LogP contribution in [0.25, 0.3) is 0 Å². The first-order chi connectivity index (χ1) is 14.0. The summed E-state index contributed by atoms with van der Waals surface area (Å²) in [6.07, 6.45) is -1.20. The highest BCUT2D eigenvalue weighted by atomic mass is 127. The number of rotatable bonds is 6. The van der Waals surface area contributed by atoms with E-state index in [1.165, 1.54) is 0 Å². The van der Waals surface area contributed by atoms with Crippen LogP contribution in [0.4, 0.5) is 19.1 Å². The number of guanidine groups is 1. The summed E-state index contributed by atoms with van der Waals surface area (Å²) in [5, 5.41) is 6.05. The Hall–Kier alpha value is -1.41. The Balaban J connectivity index is 0.00000320. The van der Waals surface area contributed by atoms with Crippen LogP contribution in [0.15, 0.2) is 17.3 Å². The van der Waals surface area contributed by atoms with Gasteiger partial charge in [-0.3, -0.25) is 4.99 Å². The first kappa shape index (κ1) is 24.9. The molecule has 2 unspecified atom stereocenters. The van der Waals surface area contributed by atoms with E-state index in [2.05, 4.69) is 30.5 Å². The Morgan fingerprint density at radius 3 is 2.80 bits per heavy atom. The number of alkyl halides is 3. The summed E-state index contributed by atoms with van der Waals surface area (Å²) in [5.74, 6) is 0.690. The maximum atomic E-state index is 12.7. The van der Waals surface area contributed by atoms with Gasteiger partial charge in [-0.1, -0.05) is 0 Å². The third-order valence-corrected chi connectivity index (χ3v) is 4.71. The molecule has 1 aromatic heterocycles. The number of nitrogens with one attached hydrogen (secondary N) is 2. The highest BCUT2D eigenvalue weighted by Crippen LogP contribution is 2.27. The fraction of sp³-hybridized carbons (Fsp3) is 0.722. The number of hydrogen-bond donors (Lipinski definition) is 2. The maximum absolute atomic E-state index is 12.7. The fourth-order valence-corrected chi connectivity index (χ4v) is 3.35. The average Bonchev–Trinajstić information content (AvgIpc) is 3.25. The molecule has 0 spiro atoms. The second-order valence-corrected chi connectivity index (χ2v) is 6.83. The molecule has 0 saturated carbocycles. The highest BCUT2D eigenvalue weighted by molar-refractivity contribution is 14.0. The van der Waals surface area contributed by atoms with E-state index >= 15 is 0 Å². The SMILES string of the molecule is CCNC(=NCCNc1nccc(C(F)(F)F)n1)N1CCOC(C2CCCO2)C1.I. The quantitative estimate of drug-likeness (QED) is 0.246. The molecule has 2 aliphatic rings. The smallest absolute Gasteiger partial charge is 0.375 e. The van der Waals surface area contributed by atoms with Gasteiger partial charge in [-0.2, -0.15) is 13.2 Å². The average molecular weight is 544 g/mol. The molecule has 0 radical (unpaired) electrons. The van der Waals surface area contributed by atoms with Crippen LogP contribution in [-0.2, 0) is 15.7 Å². The lowest BCUT2D eigenvalue weighted by atomic mass is 10.1. The fourth-order valence-electron chi connectivity index (χ4n) is 3.35. The van der Waals surface area contributed by atoms with Crippen molar-refractivity contribution in [3.05, 3.63) is 18.0 Å². The van der Waals surface area contributed by atoms with Gasteiger partial charge in [0, 0.05) is 39.0 Å². The monoisotopic (exact) mass is 544 g/mol. The summed E-state index contributed by atoms with van der Waals surface area (Å²) in [6, 6.07) is 0.843. The molecule has 12 heteroatoms. The molecule has 2 fully saturated rings. The van der Waals surface area contributed by atoms with Crippen LogP contribution in [0.3, 0.4) is 0 Å². The van der Waals surface area contributed by atoms with Crippen molar-refractivity contribution < 1.29 is 22.6 Å². The zero-order chi connectivity index (χ0) is 20.7. The minimum Gasteiger partial charge on any atom is -0.375 e. The predicted octanol–water partition coefficient (Wildman–Crippen LogP) is 2.37. The Kier molecular flexibility index (Phi) is 9.81. The highest BCUT2D eigenvalue weighted by Gasteiger charge is 2.33. The summed E-state index contributed by atoms with van der Waals surface area (Å²) < 4.78 is 49.8. The van der Waals surface area contributed by atoms with Gasteiger partial charge in [0.15, 0.2) is 5.96 Å². The minimum atomic E-state index is -4.49. The van der Waals surface area contributed by atoms with E-state index in [9.17, 15) is 13.2 Å². The van der Waals surface area contributed by atoms with Gasteiger partial charge in [0.25, 0.3) is 0 Å². The van der Waals surface area contributed by atoms with Gasteiger partial charge < -0.3 is 25.0 Å². The van der Waals surface area contributed by atoms with E-state index in [0.29, 0.717) is 32.8 Å². The van der Waals surface area contributed by atoms with Gasteiger partial charge in [-0.05, 0) is 25.8 Å². The Morgan fingerprint density at radius 1 is 1.30 bits per heavy atom. The van der Waals surface area contributed by atoms with E-state index < -0.39 is 11.9 Å². The second-order valence-electron chi connectivity index (χ2n) is 6.83. The number of halogens is 4. The first-order valence-electron chi connectivity index (χ1n) is 9.88. The predicted molar refractivity (Wildman–Crippen MR) is 117 cm³/mol. The van der Waals surface area contributed by atoms with Crippen molar-refractivity contribution in [3.63, 3.8) is 0 Å². The third-order valence-electron chi connectivity index (χ3n) is 4.71. The molecule has 2 saturated heterocycles. The van der Waals surface area contributed by atoms with Crippen molar-refractivity contribution in [1.29, 1.82) is 0 Å². The largest absolute Gasteiger partial charge is 0.433 e. The molecule has 0 aromatic carbocycles. The van der Waals surface area contributed by atoms with Crippen molar-refractivity contribution in [2.24, 2.45) is 4.99 Å². The van der Waals surface area contributed by atoms with Crippen LogP contribution < -0.4 is 10.6 Å². The van der Waals surface area contributed by atoms with Crippen LogP contribution in [0.2, 0.25) is 0 Å². The summed E-state index contributed by atoms with van der Waals surface area (Å²) in [6.45, 7) is 6.18. The molecule has 8 nitrogen and oxygen atoms in total. The lowest BCUT2D eigenvalue weighted by Crippen LogP contribution is -2.53. The molecule has 0 aliphatic carbocycles. The molecule has 3 heterocycles. The zero-order valence-electron chi connectivity index (χ0n) is 16.8. The van der Waals surface area contributed by atoms with E-state index in [4.69, 9.17) is 9.47 Å². The van der Waals surface area contributed by atoms with Gasteiger partial charge >= 0.3 is 6.18 Å². The van der Waals surface area contributed by atoms with Crippen molar-refractivity contribution in [1.82, 2.24) is 20.2 Å². The minimum absolute atomic E-state index is 0. The van der Waals surface area contributed by atoms with Crippen LogP contribution in [0.1, 0.15) is 25.5 Å². The Morgan fingerprint density at radius 2 is 2.10 bits per heavy atom. The van der Waals surface area contributed by atoms with Gasteiger partial charge in [0.1, 0.15) is 11.8 Å². The van der Waals surface area contributed by atoms with E-state index in [1.807, 2.05) is 6.92 Å². The number of hydrogen-bond acceptors (Lipinski definition) is 6. The van der Waals surface area contributed by atoms with Gasteiger partial charge in [0.05, 0.1) is 19.3 Å². The summed E-state index contributed by atoms with van der Waals surface area (Å²) >= 11 is 0. The molecule has 2 aliphatic heterocycles. The number of anilines is 1. The van der Waals surface area contributed by atoms with Gasteiger partial charge in [-0.25, -0.2) is 9.97 Å². The Labute approximate surface area is 191 Å². The molecular weight excluding hydrogens is 516 g/mol. The summed E-state index contributed by atoms with van der Waals surface area (Å²) in [5.41, 5.74) is -0.972. The molecule has 2 N–H and O–H groups in total. The van der Waals surface area contributed by atoms with Crippen molar-refractivity contribution in [2.45, 2.75) is 38.1 Å². The zero-order valence-corrected chi connectivity index (χ0v) is 19.2. The topological polar surface area (TPSA) is 83.9 Å². The van der Waals surface area contributed by atoms with Crippen LogP contribution in [-0.4, -0.2) is 79.0 Å². The number of morpholine rings is 1. The first-order valence-corrected chi connectivity index (χ1v) is 9.88. The van der Waals surface area contributed by atoms with Crippen molar-refractivity contribution in [3.8, 4) is 0 Å². The molecular formula is C18H28F3IN6O2. The number of aromatic nitrogens is 2. The molecule has 0 bridgehead atoms. The molecule has 0 amide bonds. The second kappa shape index (κ2) is 11.8. The van der Waals surface area contributed by atoms with Crippen LogP contribution in [0.5, 0.6) is 0 Å².